The Balaban J connectivity index is 2.05. The highest BCUT2D eigenvalue weighted by Gasteiger charge is 2.54. The van der Waals surface area contributed by atoms with E-state index in [-0.39, 0.29) is 11.0 Å². The summed E-state index contributed by atoms with van der Waals surface area (Å²) in [7, 11) is -2.40. The molecule has 0 N–H and O–H groups in total. The van der Waals surface area contributed by atoms with E-state index in [1.54, 1.807) is 24.3 Å². The zero-order valence-corrected chi connectivity index (χ0v) is 15.1. The third kappa shape index (κ3) is 3.74. The smallest absolute Gasteiger partial charge is 0.350 e. The summed E-state index contributed by atoms with van der Waals surface area (Å²) in [6, 6.07) is 8.22. The standard InChI is InChI=1S/C16H15ClN2O5S/c1-23-14(20)16(7-8-16)24-13-9-12(10-3-5-11(17)6-4-10)18-15(19-13)25(2,21)22/h3-6,9H,7-8H2,1-2H3. The Kier molecular flexibility index (Phi) is 4.42. The summed E-state index contributed by atoms with van der Waals surface area (Å²) in [6.07, 6.45) is 1.97. The predicted molar refractivity (Wildman–Crippen MR) is 90.2 cm³/mol. The number of carbonyl (C=O) groups excluding carboxylic acids is 1. The van der Waals surface area contributed by atoms with E-state index in [9.17, 15) is 13.2 Å². The number of ether oxygens (including phenoxy) is 2. The Morgan fingerprint density at radius 1 is 1.20 bits per heavy atom. The van der Waals surface area contributed by atoms with Gasteiger partial charge < -0.3 is 9.47 Å². The molecule has 1 saturated carbocycles. The van der Waals surface area contributed by atoms with Crippen molar-refractivity contribution >= 4 is 27.4 Å². The van der Waals surface area contributed by atoms with Crippen molar-refractivity contribution in [3.63, 3.8) is 0 Å². The molecule has 1 aromatic heterocycles. The minimum atomic E-state index is -3.67. The van der Waals surface area contributed by atoms with Crippen molar-refractivity contribution in [2.45, 2.75) is 23.6 Å². The van der Waals surface area contributed by atoms with Gasteiger partial charge in [-0.15, -0.1) is 0 Å². The lowest BCUT2D eigenvalue weighted by atomic mass is 10.1. The van der Waals surface area contributed by atoms with Crippen molar-refractivity contribution in [3.8, 4) is 17.1 Å². The summed E-state index contributed by atoms with van der Waals surface area (Å²) >= 11 is 5.88. The summed E-state index contributed by atoms with van der Waals surface area (Å²) in [5, 5.41) is 0.163. The van der Waals surface area contributed by atoms with Crippen molar-refractivity contribution in [3.05, 3.63) is 35.4 Å². The maximum atomic E-state index is 11.9. The van der Waals surface area contributed by atoms with Crippen LogP contribution in [0.4, 0.5) is 0 Å². The molecule has 132 valence electrons. The summed E-state index contributed by atoms with van der Waals surface area (Å²) in [6.45, 7) is 0. The van der Waals surface area contributed by atoms with Gasteiger partial charge in [-0.25, -0.2) is 18.2 Å². The van der Waals surface area contributed by atoms with Gasteiger partial charge in [0.15, 0.2) is 0 Å². The van der Waals surface area contributed by atoms with Gasteiger partial charge in [-0.1, -0.05) is 23.7 Å². The number of methoxy groups -OCH3 is 1. The van der Waals surface area contributed by atoms with E-state index in [2.05, 4.69) is 9.97 Å². The van der Waals surface area contributed by atoms with E-state index in [1.165, 1.54) is 13.2 Å². The van der Waals surface area contributed by atoms with Crippen LogP contribution in [0.2, 0.25) is 5.02 Å². The third-order valence-electron chi connectivity index (χ3n) is 3.72. The average molecular weight is 383 g/mol. The molecular formula is C16H15ClN2O5S. The lowest BCUT2D eigenvalue weighted by molar-refractivity contribution is -0.151. The highest BCUT2D eigenvalue weighted by Crippen LogP contribution is 2.41. The molecular weight excluding hydrogens is 368 g/mol. The van der Waals surface area contributed by atoms with Crippen molar-refractivity contribution in [2.75, 3.05) is 13.4 Å². The van der Waals surface area contributed by atoms with Crippen LogP contribution in [0, 0.1) is 0 Å². The van der Waals surface area contributed by atoms with Crippen molar-refractivity contribution < 1.29 is 22.7 Å². The molecule has 0 aliphatic heterocycles. The van der Waals surface area contributed by atoms with Gasteiger partial charge in [-0.05, 0) is 12.1 Å². The second-order valence-corrected chi connectivity index (χ2v) is 8.09. The summed E-state index contributed by atoms with van der Waals surface area (Å²) in [5.74, 6) is -0.511. The topological polar surface area (TPSA) is 95.5 Å². The SMILES string of the molecule is COC(=O)C1(Oc2cc(-c3ccc(Cl)cc3)nc(S(C)(=O)=O)n2)CC1. The van der Waals surface area contributed by atoms with Gasteiger partial charge in [0, 0.05) is 35.7 Å². The van der Waals surface area contributed by atoms with Crippen LogP contribution in [-0.4, -0.2) is 43.3 Å². The highest BCUT2D eigenvalue weighted by atomic mass is 35.5. The molecule has 3 rings (SSSR count). The van der Waals surface area contributed by atoms with E-state index in [0.29, 0.717) is 29.1 Å². The van der Waals surface area contributed by atoms with Crippen LogP contribution >= 0.6 is 11.6 Å². The first-order valence-electron chi connectivity index (χ1n) is 7.36. The second kappa shape index (κ2) is 6.27. The summed E-state index contributed by atoms with van der Waals surface area (Å²) < 4.78 is 34.2. The van der Waals surface area contributed by atoms with Gasteiger partial charge >= 0.3 is 5.97 Å². The average Bonchev–Trinajstić information content (AvgIpc) is 3.34. The molecule has 0 amide bonds. The lowest BCUT2D eigenvalue weighted by Gasteiger charge is -2.15. The third-order valence-corrected chi connectivity index (χ3v) is 4.81. The molecule has 0 unspecified atom stereocenters. The predicted octanol–water partition coefficient (Wildman–Crippen LogP) is 2.28. The largest absolute Gasteiger partial charge is 0.466 e. The first-order chi connectivity index (χ1) is 11.7. The normalized spacial score (nSPS) is 15.5. The molecule has 1 aliphatic rings. The van der Waals surface area contributed by atoms with Crippen molar-refractivity contribution in [2.24, 2.45) is 0 Å². The Morgan fingerprint density at radius 2 is 1.84 bits per heavy atom. The summed E-state index contributed by atoms with van der Waals surface area (Å²) in [5.41, 5.74) is -0.109. The number of hydrogen-bond donors (Lipinski definition) is 0. The highest BCUT2D eigenvalue weighted by molar-refractivity contribution is 7.90. The van der Waals surface area contributed by atoms with Crippen LogP contribution in [0.25, 0.3) is 11.3 Å². The molecule has 1 heterocycles. The molecule has 1 aromatic carbocycles. The van der Waals surface area contributed by atoms with Crippen LogP contribution in [0.1, 0.15) is 12.8 Å². The quantitative estimate of drug-likeness (QED) is 0.578. The first kappa shape index (κ1) is 17.6. The molecule has 7 nitrogen and oxygen atoms in total. The van der Waals surface area contributed by atoms with E-state index in [1.807, 2.05) is 0 Å². The minimum Gasteiger partial charge on any atom is -0.466 e. The number of halogens is 1. The first-order valence-corrected chi connectivity index (χ1v) is 9.63. The monoisotopic (exact) mass is 382 g/mol. The Bertz CT molecular complexity index is 924. The number of rotatable bonds is 5. The molecule has 0 atom stereocenters. The minimum absolute atomic E-state index is 0.00303. The number of carbonyl (C=O) groups is 1. The molecule has 0 spiro atoms. The van der Waals surface area contributed by atoms with Gasteiger partial charge in [-0.3, -0.25) is 0 Å². The molecule has 1 aliphatic carbocycles. The molecule has 25 heavy (non-hydrogen) atoms. The molecule has 1 fully saturated rings. The van der Waals surface area contributed by atoms with Crippen LogP contribution in [-0.2, 0) is 19.4 Å². The fourth-order valence-corrected chi connectivity index (χ4v) is 2.88. The number of sulfone groups is 1. The van der Waals surface area contributed by atoms with Crippen LogP contribution in [0.5, 0.6) is 5.88 Å². The zero-order chi connectivity index (χ0) is 18.2. The van der Waals surface area contributed by atoms with Crippen LogP contribution < -0.4 is 4.74 Å². The van der Waals surface area contributed by atoms with E-state index in [4.69, 9.17) is 21.1 Å². The van der Waals surface area contributed by atoms with E-state index < -0.39 is 21.4 Å². The number of hydrogen-bond acceptors (Lipinski definition) is 7. The number of esters is 1. The van der Waals surface area contributed by atoms with E-state index in [0.717, 1.165) is 6.26 Å². The van der Waals surface area contributed by atoms with Crippen molar-refractivity contribution in [1.29, 1.82) is 0 Å². The zero-order valence-electron chi connectivity index (χ0n) is 13.5. The number of nitrogens with zero attached hydrogens (tertiary/aromatic N) is 2. The molecule has 2 aromatic rings. The Morgan fingerprint density at radius 3 is 2.36 bits per heavy atom. The number of benzene rings is 1. The molecule has 0 radical (unpaired) electrons. The summed E-state index contributed by atoms with van der Waals surface area (Å²) in [4.78, 5) is 19.9. The van der Waals surface area contributed by atoms with Crippen molar-refractivity contribution in [1.82, 2.24) is 9.97 Å². The van der Waals surface area contributed by atoms with Crippen LogP contribution in [0.15, 0.2) is 35.5 Å². The maximum absolute atomic E-state index is 11.9. The fraction of sp³-hybridized carbons (Fsp3) is 0.312. The molecule has 0 saturated heterocycles. The second-order valence-electron chi connectivity index (χ2n) is 5.74. The van der Waals surface area contributed by atoms with Crippen LogP contribution in [0.3, 0.4) is 0 Å². The van der Waals surface area contributed by atoms with Gasteiger partial charge in [-0.2, -0.15) is 4.98 Å². The Labute approximate surface area is 149 Å². The molecule has 0 bridgehead atoms. The van der Waals surface area contributed by atoms with Gasteiger partial charge in [0.05, 0.1) is 12.8 Å². The van der Waals surface area contributed by atoms with E-state index >= 15 is 0 Å². The van der Waals surface area contributed by atoms with Gasteiger partial charge in [0.25, 0.3) is 5.16 Å². The van der Waals surface area contributed by atoms with Gasteiger partial charge in [0.2, 0.25) is 21.3 Å². The maximum Gasteiger partial charge on any atom is 0.350 e. The number of aromatic nitrogens is 2. The fourth-order valence-electron chi connectivity index (χ4n) is 2.24. The lowest BCUT2D eigenvalue weighted by Crippen LogP contribution is -2.31. The molecule has 9 heteroatoms. The van der Waals surface area contributed by atoms with Gasteiger partial charge in [0.1, 0.15) is 0 Å². The Hall–Kier alpha value is -2.19.